The number of pyridine rings is 1. The minimum Gasteiger partial charge on any atom is -0.445 e. The summed E-state index contributed by atoms with van der Waals surface area (Å²) in [4.78, 5) is 4.14. The fourth-order valence-electron chi connectivity index (χ4n) is 1.39. The van der Waals surface area contributed by atoms with Crippen LogP contribution in [0.2, 0.25) is 0 Å². The molecule has 0 atom stereocenters. The summed E-state index contributed by atoms with van der Waals surface area (Å²) in [6.45, 7) is -4.84. The molecule has 6 heteroatoms. The van der Waals surface area contributed by atoms with Gasteiger partial charge in [-0.3, -0.25) is 4.98 Å². The molecule has 0 saturated heterocycles. The molecule has 1 aromatic heterocycles. The number of hydrogen-bond acceptors (Lipinski definition) is 1. The second-order valence-corrected chi connectivity index (χ2v) is 3.77. The molecule has 1 aliphatic carbocycles. The minimum atomic E-state index is -4.84. The van der Waals surface area contributed by atoms with Crippen molar-refractivity contribution in [2.75, 3.05) is 0 Å². The first kappa shape index (κ1) is 14.4. The van der Waals surface area contributed by atoms with Crippen LogP contribution in [0, 0.1) is 0 Å². The zero-order chi connectivity index (χ0) is 10.9. The van der Waals surface area contributed by atoms with Crippen LogP contribution in [0.25, 0.3) is 6.08 Å². The zero-order valence-corrected chi connectivity index (χ0v) is 12.2. The maximum Gasteiger partial charge on any atom is 1.00 e. The Morgan fingerprint density at radius 1 is 1.31 bits per heavy atom. The number of hydrogen-bond donors (Lipinski definition) is 0. The van der Waals surface area contributed by atoms with Gasteiger partial charge in [-0.05, 0) is 30.5 Å². The molecule has 0 aliphatic heterocycles. The summed E-state index contributed by atoms with van der Waals surface area (Å²) >= 11 is 0. The molecule has 0 amide bonds. The van der Waals surface area contributed by atoms with Crippen LogP contribution in [-0.4, -0.2) is 12.0 Å². The quantitative estimate of drug-likeness (QED) is 0.707. The Hall–Kier alpha value is 0.381. The Balaban J connectivity index is 0.00000128. The van der Waals surface area contributed by atoms with Crippen molar-refractivity contribution in [2.45, 2.75) is 18.8 Å². The third kappa shape index (κ3) is 4.71. The fourth-order valence-corrected chi connectivity index (χ4v) is 1.39. The van der Waals surface area contributed by atoms with Crippen molar-refractivity contribution in [3.05, 3.63) is 35.6 Å². The molecule has 1 heterocycles. The van der Waals surface area contributed by atoms with Crippen molar-refractivity contribution in [1.82, 2.24) is 4.98 Å². The Morgan fingerprint density at radius 3 is 2.56 bits per heavy atom. The van der Waals surface area contributed by atoms with Crippen LogP contribution in [0.15, 0.2) is 24.3 Å². The molecule has 1 fully saturated rings. The molecular formula is C10H10BF3KN. The number of aromatic nitrogens is 1. The van der Waals surface area contributed by atoms with Gasteiger partial charge in [-0.25, -0.2) is 0 Å². The first-order valence-electron chi connectivity index (χ1n) is 4.90. The van der Waals surface area contributed by atoms with E-state index in [9.17, 15) is 12.9 Å². The largest absolute Gasteiger partial charge is 1.00 e. The molecule has 0 unspecified atom stereocenters. The predicted molar refractivity (Wildman–Crippen MR) is 54.3 cm³/mol. The maximum absolute atomic E-state index is 12.0. The van der Waals surface area contributed by atoms with Crippen molar-refractivity contribution in [3.63, 3.8) is 0 Å². The number of nitrogens with zero attached hydrogens (tertiary/aromatic N) is 1. The van der Waals surface area contributed by atoms with Crippen molar-refractivity contribution >= 4 is 13.1 Å². The second-order valence-electron chi connectivity index (χ2n) is 3.77. The van der Waals surface area contributed by atoms with Gasteiger partial charge >= 0.3 is 58.4 Å². The summed E-state index contributed by atoms with van der Waals surface area (Å²) in [7, 11) is 0. The van der Waals surface area contributed by atoms with E-state index in [4.69, 9.17) is 0 Å². The van der Waals surface area contributed by atoms with E-state index in [1.807, 2.05) is 0 Å². The van der Waals surface area contributed by atoms with Gasteiger partial charge in [0.05, 0.1) is 0 Å². The normalized spacial score (nSPS) is 16.2. The van der Waals surface area contributed by atoms with Gasteiger partial charge < -0.3 is 12.9 Å². The standard InChI is InChI=1S/C10H10BF3N.K/c12-11(13,14)5-3-8-4-6-15-10(7-8)9-1-2-9;/h3-7,9H,1-2H2;/q-1;+1/b5-3+;. The van der Waals surface area contributed by atoms with Gasteiger partial charge in [-0.15, -0.1) is 5.98 Å². The van der Waals surface area contributed by atoms with Crippen molar-refractivity contribution in [2.24, 2.45) is 0 Å². The molecular weight excluding hydrogens is 241 g/mol. The monoisotopic (exact) mass is 251 g/mol. The molecule has 0 bridgehead atoms. The summed E-state index contributed by atoms with van der Waals surface area (Å²) < 4.78 is 35.9. The van der Waals surface area contributed by atoms with E-state index in [0.717, 1.165) is 24.6 Å². The minimum absolute atomic E-state index is 0. The average molecular weight is 251 g/mol. The maximum atomic E-state index is 12.0. The Labute approximate surface area is 135 Å². The smallest absolute Gasteiger partial charge is 0.445 e. The summed E-state index contributed by atoms with van der Waals surface area (Å²) in [5, 5.41) is 0. The molecule has 1 saturated carbocycles. The molecule has 0 aromatic carbocycles. The number of rotatable bonds is 3. The van der Waals surface area contributed by atoms with E-state index >= 15 is 0 Å². The SMILES string of the molecule is F[B-](F)(F)/C=C/c1ccnc(C2CC2)c1.[K+]. The van der Waals surface area contributed by atoms with E-state index in [0.29, 0.717) is 17.5 Å². The van der Waals surface area contributed by atoms with Crippen LogP contribution in [0.5, 0.6) is 0 Å². The molecule has 1 aromatic rings. The third-order valence-electron chi connectivity index (χ3n) is 2.31. The van der Waals surface area contributed by atoms with Crippen molar-refractivity contribution in [1.29, 1.82) is 0 Å². The van der Waals surface area contributed by atoms with Crippen LogP contribution >= 0.6 is 0 Å². The average Bonchev–Trinajstić information content (AvgIpc) is 2.97. The summed E-state index contributed by atoms with van der Waals surface area (Å²) in [5.74, 6) is 0.779. The van der Waals surface area contributed by atoms with E-state index in [1.165, 1.54) is 0 Å². The molecule has 0 spiro atoms. The van der Waals surface area contributed by atoms with Gasteiger partial charge in [0.25, 0.3) is 0 Å². The van der Waals surface area contributed by atoms with E-state index in [2.05, 4.69) is 4.98 Å². The van der Waals surface area contributed by atoms with Crippen LogP contribution in [0.4, 0.5) is 12.9 Å². The third-order valence-corrected chi connectivity index (χ3v) is 2.31. The molecule has 1 nitrogen and oxygen atoms in total. The van der Waals surface area contributed by atoms with Gasteiger partial charge in [0.2, 0.25) is 0 Å². The first-order chi connectivity index (χ1) is 7.04. The molecule has 80 valence electrons. The zero-order valence-electron chi connectivity index (χ0n) is 9.04. The molecule has 0 N–H and O–H groups in total. The second kappa shape index (κ2) is 5.82. The van der Waals surface area contributed by atoms with Crippen LogP contribution in [0.3, 0.4) is 0 Å². The van der Waals surface area contributed by atoms with Gasteiger partial charge in [-0.2, -0.15) is 0 Å². The van der Waals surface area contributed by atoms with Crippen LogP contribution in [-0.2, 0) is 0 Å². The Kier molecular flexibility index (Phi) is 5.25. The van der Waals surface area contributed by atoms with E-state index < -0.39 is 6.98 Å². The number of halogens is 3. The van der Waals surface area contributed by atoms with Gasteiger partial charge in [0, 0.05) is 17.8 Å². The molecule has 16 heavy (non-hydrogen) atoms. The molecule has 0 radical (unpaired) electrons. The summed E-state index contributed by atoms with van der Waals surface area (Å²) in [6, 6.07) is 3.32. The Morgan fingerprint density at radius 2 is 2.00 bits per heavy atom. The fraction of sp³-hybridized carbons (Fsp3) is 0.300. The summed E-state index contributed by atoms with van der Waals surface area (Å²) in [6.07, 6.45) is 4.87. The van der Waals surface area contributed by atoms with Gasteiger partial charge in [-0.1, -0.05) is 6.08 Å². The van der Waals surface area contributed by atoms with E-state index in [-0.39, 0.29) is 51.4 Å². The van der Waals surface area contributed by atoms with Crippen LogP contribution in [0.1, 0.15) is 30.0 Å². The predicted octanol–water partition coefficient (Wildman–Crippen LogP) is 0.363. The van der Waals surface area contributed by atoms with Crippen molar-refractivity contribution in [3.8, 4) is 0 Å². The van der Waals surface area contributed by atoms with E-state index in [1.54, 1.807) is 18.3 Å². The first-order valence-corrected chi connectivity index (χ1v) is 4.90. The van der Waals surface area contributed by atoms with Gasteiger partial charge in [0.1, 0.15) is 0 Å². The van der Waals surface area contributed by atoms with Crippen molar-refractivity contribution < 1.29 is 64.3 Å². The topological polar surface area (TPSA) is 12.9 Å². The molecule has 2 rings (SSSR count). The van der Waals surface area contributed by atoms with Gasteiger partial charge in [0.15, 0.2) is 0 Å². The molecule has 1 aliphatic rings. The Bertz CT molecular complexity index is 388. The summed E-state index contributed by atoms with van der Waals surface area (Å²) in [5.41, 5.74) is 1.48. The van der Waals surface area contributed by atoms with Crippen LogP contribution < -0.4 is 51.4 Å².